The Balaban J connectivity index is 1.44. The lowest BCUT2D eigenvalue weighted by molar-refractivity contribution is -0.139. The van der Waals surface area contributed by atoms with E-state index in [1.54, 1.807) is 0 Å². The number of rotatable bonds is 5. The maximum atomic E-state index is 12.8. The summed E-state index contributed by atoms with van der Waals surface area (Å²) in [5, 5.41) is 12.5. The first-order chi connectivity index (χ1) is 14.1. The lowest BCUT2D eigenvalue weighted by Gasteiger charge is -2.38. The van der Waals surface area contributed by atoms with E-state index in [-0.39, 0.29) is 30.3 Å². The normalized spacial score (nSPS) is 23.2. The minimum atomic E-state index is -0.773. The average Bonchev–Trinajstić information content (AvgIpc) is 3.12. The monoisotopic (exact) mass is 398 g/mol. The summed E-state index contributed by atoms with van der Waals surface area (Å²) < 4.78 is 0. The molecule has 1 saturated carbocycles. The molecule has 1 aromatic carbocycles. The summed E-state index contributed by atoms with van der Waals surface area (Å²) in [5.41, 5.74) is 1.90. The molecular formula is C22H30N4O3. The number of aromatic amines is 1. The van der Waals surface area contributed by atoms with Crippen LogP contribution in [0.4, 0.5) is 4.79 Å². The third kappa shape index (κ3) is 4.89. The molecule has 1 aliphatic carbocycles. The molecule has 4 rings (SSSR count). The van der Waals surface area contributed by atoms with E-state index in [4.69, 9.17) is 0 Å². The van der Waals surface area contributed by atoms with Crippen LogP contribution in [0.25, 0.3) is 11.0 Å². The number of nitrogens with zero attached hydrogens (tertiary/aromatic N) is 2. The second-order valence-corrected chi connectivity index (χ2v) is 8.54. The number of H-pyrrole nitrogens is 1. The predicted octanol–water partition coefficient (Wildman–Crippen LogP) is 3.56. The number of carbonyl (C=O) groups is 2. The second kappa shape index (κ2) is 8.84. The third-order valence-corrected chi connectivity index (χ3v) is 6.44. The molecular weight excluding hydrogens is 368 g/mol. The fourth-order valence-corrected chi connectivity index (χ4v) is 4.85. The highest BCUT2D eigenvalue weighted by molar-refractivity contribution is 5.75. The molecule has 2 fully saturated rings. The number of imidazole rings is 1. The van der Waals surface area contributed by atoms with Crippen LogP contribution in [0.5, 0.6) is 0 Å². The molecule has 2 atom stereocenters. The van der Waals surface area contributed by atoms with Crippen LogP contribution in [0.1, 0.15) is 50.8 Å². The number of hydrogen-bond acceptors (Lipinski definition) is 3. The molecule has 1 aliphatic heterocycles. The van der Waals surface area contributed by atoms with Gasteiger partial charge in [-0.05, 0) is 43.2 Å². The van der Waals surface area contributed by atoms with Gasteiger partial charge in [0.05, 0.1) is 11.0 Å². The Bertz CT molecular complexity index is 826. The van der Waals surface area contributed by atoms with Crippen molar-refractivity contribution in [1.29, 1.82) is 0 Å². The lowest BCUT2D eigenvalue weighted by Crippen LogP contribution is -2.51. The van der Waals surface area contributed by atoms with Gasteiger partial charge < -0.3 is 20.3 Å². The van der Waals surface area contributed by atoms with Crippen molar-refractivity contribution in [2.75, 3.05) is 13.1 Å². The maximum Gasteiger partial charge on any atom is 0.317 e. The zero-order chi connectivity index (χ0) is 20.2. The van der Waals surface area contributed by atoms with Gasteiger partial charge in [0.25, 0.3) is 0 Å². The van der Waals surface area contributed by atoms with Crippen molar-refractivity contribution in [2.24, 2.45) is 11.8 Å². The molecule has 2 amide bonds. The van der Waals surface area contributed by atoms with Crippen LogP contribution in [-0.2, 0) is 11.2 Å². The van der Waals surface area contributed by atoms with Crippen molar-refractivity contribution in [3.05, 3.63) is 30.1 Å². The third-order valence-electron chi connectivity index (χ3n) is 6.44. The molecule has 1 saturated heterocycles. The van der Waals surface area contributed by atoms with E-state index >= 15 is 0 Å². The molecule has 156 valence electrons. The lowest BCUT2D eigenvalue weighted by atomic mass is 9.81. The Morgan fingerprint density at radius 1 is 1.14 bits per heavy atom. The van der Waals surface area contributed by atoms with Gasteiger partial charge in [0, 0.05) is 32.0 Å². The molecule has 1 aromatic heterocycles. The smallest absolute Gasteiger partial charge is 0.317 e. The van der Waals surface area contributed by atoms with Crippen LogP contribution in [0.15, 0.2) is 24.3 Å². The fourth-order valence-electron chi connectivity index (χ4n) is 4.85. The van der Waals surface area contributed by atoms with E-state index in [9.17, 15) is 14.7 Å². The summed E-state index contributed by atoms with van der Waals surface area (Å²) >= 11 is 0. The highest BCUT2D eigenvalue weighted by Gasteiger charge is 2.34. The first kappa shape index (κ1) is 19.7. The molecule has 2 aliphatic rings. The number of carboxylic acid groups (broad SMARTS) is 1. The van der Waals surface area contributed by atoms with Crippen molar-refractivity contribution in [1.82, 2.24) is 20.2 Å². The number of aromatic nitrogens is 2. The number of likely N-dealkylation sites (tertiary alicyclic amines) is 1. The topological polar surface area (TPSA) is 98.3 Å². The van der Waals surface area contributed by atoms with Crippen molar-refractivity contribution >= 4 is 23.0 Å². The first-order valence-corrected chi connectivity index (χ1v) is 10.8. The number of benzene rings is 1. The summed E-state index contributed by atoms with van der Waals surface area (Å²) in [5.74, 6) is 0.225. The van der Waals surface area contributed by atoms with Crippen LogP contribution in [0, 0.1) is 11.8 Å². The van der Waals surface area contributed by atoms with Crippen molar-refractivity contribution in [3.8, 4) is 0 Å². The minimum absolute atomic E-state index is 0.000260. The minimum Gasteiger partial charge on any atom is -0.481 e. The van der Waals surface area contributed by atoms with Gasteiger partial charge in [0.2, 0.25) is 0 Å². The summed E-state index contributed by atoms with van der Waals surface area (Å²) in [6, 6.07) is 8.16. The quantitative estimate of drug-likeness (QED) is 0.717. The van der Waals surface area contributed by atoms with Gasteiger partial charge in [-0.3, -0.25) is 4.79 Å². The Morgan fingerprint density at radius 2 is 1.93 bits per heavy atom. The molecule has 29 heavy (non-hydrogen) atoms. The molecule has 7 nitrogen and oxygen atoms in total. The molecule has 0 bridgehead atoms. The van der Waals surface area contributed by atoms with E-state index in [1.807, 2.05) is 29.2 Å². The molecule has 0 spiro atoms. The highest BCUT2D eigenvalue weighted by atomic mass is 16.4. The fraction of sp³-hybridized carbons (Fsp3) is 0.591. The van der Waals surface area contributed by atoms with Gasteiger partial charge in [0.15, 0.2) is 0 Å². The van der Waals surface area contributed by atoms with E-state index in [0.717, 1.165) is 36.1 Å². The van der Waals surface area contributed by atoms with E-state index in [1.165, 1.54) is 19.3 Å². The Labute approximate surface area is 170 Å². The largest absolute Gasteiger partial charge is 0.481 e. The van der Waals surface area contributed by atoms with Crippen molar-refractivity contribution in [3.63, 3.8) is 0 Å². The van der Waals surface area contributed by atoms with Crippen molar-refractivity contribution < 1.29 is 14.7 Å². The SMILES string of the molecule is O=C(O)CC1CCN(C(=O)NC2CCCCC2)CC1Cc1nc2ccccc2[nH]1. The zero-order valence-corrected chi connectivity index (χ0v) is 16.8. The first-order valence-electron chi connectivity index (χ1n) is 10.8. The highest BCUT2D eigenvalue weighted by Crippen LogP contribution is 2.30. The number of fused-ring (bicyclic) bond motifs is 1. The van der Waals surface area contributed by atoms with E-state index in [2.05, 4.69) is 15.3 Å². The molecule has 2 heterocycles. The number of urea groups is 1. The summed E-state index contributed by atoms with van der Waals surface area (Å²) in [6.45, 7) is 1.20. The molecule has 2 aromatic rings. The number of amides is 2. The molecule has 0 radical (unpaired) electrons. The standard InChI is InChI=1S/C22H30N4O3/c27-21(28)13-15-10-11-26(22(29)23-17-6-2-1-3-7-17)14-16(15)12-20-24-18-8-4-5-9-19(18)25-20/h4-5,8-9,15-17H,1-3,6-7,10-14H2,(H,23,29)(H,24,25)(H,27,28). The van der Waals surface area contributed by atoms with Crippen LogP contribution >= 0.6 is 0 Å². The summed E-state index contributed by atoms with van der Waals surface area (Å²) in [4.78, 5) is 34.1. The van der Waals surface area contributed by atoms with Gasteiger partial charge >= 0.3 is 12.0 Å². The average molecular weight is 399 g/mol. The number of nitrogens with one attached hydrogen (secondary N) is 2. The van der Waals surface area contributed by atoms with Gasteiger partial charge in [-0.1, -0.05) is 31.4 Å². The summed E-state index contributed by atoms with van der Waals surface area (Å²) in [6.07, 6.45) is 7.25. The van der Waals surface area contributed by atoms with Crippen molar-refractivity contribution in [2.45, 2.75) is 57.4 Å². The van der Waals surface area contributed by atoms with Gasteiger partial charge in [-0.15, -0.1) is 0 Å². The molecule has 3 N–H and O–H groups in total. The van der Waals surface area contributed by atoms with Crippen LogP contribution in [0.3, 0.4) is 0 Å². The predicted molar refractivity (Wildman–Crippen MR) is 111 cm³/mol. The number of carboxylic acids is 1. The second-order valence-electron chi connectivity index (χ2n) is 8.54. The Hall–Kier alpha value is -2.57. The van der Waals surface area contributed by atoms with Gasteiger partial charge in [-0.25, -0.2) is 9.78 Å². The Morgan fingerprint density at radius 3 is 2.69 bits per heavy atom. The Kier molecular flexibility index (Phi) is 6.02. The van der Waals surface area contributed by atoms with E-state index < -0.39 is 5.97 Å². The zero-order valence-electron chi connectivity index (χ0n) is 16.8. The molecule has 7 heteroatoms. The number of piperidine rings is 1. The number of aliphatic carboxylic acids is 1. The van der Waals surface area contributed by atoms with E-state index in [0.29, 0.717) is 19.5 Å². The van der Waals surface area contributed by atoms with Gasteiger partial charge in [0.1, 0.15) is 5.82 Å². The van der Waals surface area contributed by atoms with Crippen LogP contribution < -0.4 is 5.32 Å². The number of para-hydroxylation sites is 2. The number of hydrogen-bond donors (Lipinski definition) is 3. The molecule has 2 unspecified atom stereocenters. The maximum absolute atomic E-state index is 12.8. The van der Waals surface area contributed by atoms with Crippen LogP contribution in [-0.4, -0.2) is 51.1 Å². The number of carbonyl (C=O) groups excluding carboxylic acids is 1. The summed E-state index contributed by atoms with van der Waals surface area (Å²) in [7, 11) is 0. The van der Waals surface area contributed by atoms with Crippen LogP contribution in [0.2, 0.25) is 0 Å². The van der Waals surface area contributed by atoms with Gasteiger partial charge in [-0.2, -0.15) is 0 Å².